The van der Waals surface area contributed by atoms with Gasteiger partial charge in [-0.25, -0.2) is 8.78 Å². The molecule has 5 nitrogen and oxygen atoms in total. The van der Waals surface area contributed by atoms with E-state index in [0.29, 0.717) is 29.3 Å². The number of hydrogen-bond donors (Lipinski definition) is 2. The zero-order chi connectivity index (χ0) is 21.7. The van der Waals surface area contributed by atoms with E-state index < -0.39 is 17.5 Å². The van der Waals surface area contributed by atoms with Crippen LogP contribution in [0.3, 0.4) is 0 Å². The van der Waals surface area contributed by atoms with Crippen molar-refractivity contribution in [2.45, 2.75) is 6.92 Å². The molecule has 3 aromatic rings. The molecule has 3 rings (SSSR count). The van der Waals surface area contributed by atoms with Gasteiger partial charge in [-0.1, -0.05) is 11.6 Å². The molecule has 0 bridgehead atoms. The standard InChI is InChI=1S/C22H17ClF2N2O3/c1-2-30-16-9-7-15(8-10-16)26-21(28)13-3-5-14(6-4-13)27-22(29)17-11-19(24)20(25)12-18(17)23/h3-12H,2H2,1H3,(H,26,28)(H,27,29). The first kappa shape index (κ1) is 21.3. The van der Waals surface area contributed by atoms with Crippen LogP contribution in [0, 0.1) is 11.6 Å². The van der Waals surface area contributed by atoms with Crippen molar-refractivity contribution in [2.75, 3.05) is 17.2 Å². The molecule has 0 unspecified atom stereocenters. The SMILES string of the molecule is CCOc1ccc(NC(=O)c2ccc(NC(=O)c3cc(F)c(F)cc3Cl)cc2)cc1. The zero-order valence-corrected chi connectivity index (χ0v) is 16.6. The molecule has 0 spiro atoms. The second kappa shape index (κ2) is 9.37. The third-order valence-electron chi connectivity index (χ3n) is 4.08. The van der Waals surface area contributed by atoms with Crippen molar-refractivity contribution in [3.05, 3.63) is 88.4 Å². The van der Waals surface area contributed by atoms with Gasteiger partial charge >= 0.3 is 0 Å². The lowest BCUT2D eigenvalue weighted by Gasteiger charge is -2.09. The summed E-state index contributed by atoms with van der Waals surface area (Å²) in [5.74, 6) is -2.65. The highest BCUT2D eigenvalue weighted by Gasteiger charge is 2.15. The third-order valence-corrected chi connectivity index (χ3v) is 4.40. The number of ether oxygens (including phenoxy) is 1. The van der Waals surface area contributed by atoms with E-state index in [9.17, 15) is 18.4 Å². The number of carbonyl (C=O) groups excluding carboxylic acids is 2. The van der Waals surface area contributed by atoms with E-state index in [0.717, 1.165) is 12.1 Å². The summed E-state index contributed by atoms with van der Waals surface area (Å²) in [4.78, 5) is 24.6. The summed E-state index contributed by atoms with van der Waals surface area (Å²) in [6, 6.07) is 14.5. The molecule has 0 aromatic heterocycles. The molecule has 30 heavy (non-hydrogen) atoms. The molecule has 0 heterocycles. The van der Waals surface area contributed by atoms with Gasteiger partial charge in [0.2, 0.25) is 0 Å². The lowest BCUT2D eigenvalue weighted by atomic mass is 10.1. The normalized spacial score (nSPS) is 10.4. The molecule has 0 saturated carbocycles. The van der Waals surface area contributed by atoms with E-state index in [2.05, 4.69) is 10.6 Å². The van der Waals surface area contributed by atoms with Gasteiger partial charge in [0.15, 0.2) is 11.6 Å². The summed E-state index contributed by atoms with van der Waals surface area (Å²) in [5.41, 5.74) is 1.13. The molecule has 3 aromatic carbocycles. The maximum absolute atomic E-state index is 13.4. The number of anilines is 2. The van der Waals surface area contributed by atoms with Gasteiger partial charge in [-0.15, -0.1) is 0 Å². The minimum Gasteiger partial charge on any atom is -0.494 e. The van der Waals surface area contributed by atoms with Crippen LogP contribution in [0.25, 0.3) is 0 Å². The summed E-state index contributed by atoms with van der Waals surface area (Å²) in [7, 11) is 0. The van der Waals surface area contributed by atoms with Crippen molar-refractivity contribution in [2.24, 2.45) is 0 Å². The van der Waals surface area contributed by atoms with Gasteiger partial charge in [-0.2, -0.15) is 0 Å². The fourth-order valence-corrected chi connectivity index (χ4v) is 2.84. The van der Waals surface area contributed by atoms with E-state index in [4.69, 9.17) is 16.3 Å². The van der Waals surface area contributed by atoms with Crippen molar-refractivity contribution in [1.29, 1.82) is 0 Å². The second-order valence-electron chi connectivity index (χ2n) is 6.19. The van der Waals surface area contributed by atoms with Crippen LogP contribution < -0.4 is 15.4 Å². The Morgan fingerprint density at radius 1 is 0.867 bits per heavy atom. The molecule has 154 valence electrons. The summed E-state index contributed by atoms with van der Waals surface area (Å²) < 4.78 is 31.9. The van der Waals surface area contributed by atoms with Crippen molar-refractivity contribution in [1.82, 2.24) is 0 Å². The molecule has 0 aliphatic carbocycles. The van der Waals surface area contributed by atoms with Crippen LogP contribution in [0.2, 0.25) is 5.02 Å². The maximum atomic E-state index is 13.4. The minimum absolute atomic E-state index is 0.201. The van der Waals surface area contributed by atoms with Gasteiger partial charge in [0.25, 0.3) is 11.8 Å². The first-order valence-corrected chi connectivity index (χ1v) is 9.35. The Balaban J connectivity index is 1.65. The number of amides is 2. The average Bonchev–Trinajstić information content (AvgIpc) is 2.72. The lowest BCUT2D eigenvalue weighted by Crippen LogP contribution is -2.14. The Kier molecular flexibility index (Phi) is 6.64. The Morgan fingerprint density at radius 2 is 1.40 bits per heavy atom. The molecule has 2 N–H and O–H groups in total. The number of benzene rings is 3. The molecule has 2 amide bonds. The van der Waals surface area contributed by atoms with Gasteiger partial charge in [-0.05, 0) is 67.6 Å². The first-order valence-electron chi connectivity index (χ1n) is 8.97. The van der Waals surface area contributed by atoms with Crippen molar-refractivity contribution in [3.8, 4) is 5.75 Å². The van der Waals surface area contributed by atoms with Gasteiger partial charge < -0.3 is 15.4 Å². The molecule has 8 heteroatoms. The van der Waals surface area contributed by atoms with E-state index >= 15 is 0 Å². The third kappa shape index (κ3) is 5.12. The monoisotopic (exact) mass is 430 g/mol. The second-order valence-corrected chi connectivity index (χ2v) is 6.60. The molecular formula is C22H17ClF2N2O3. The van der Waals surface area contributed by atoms with Gasteiger partial charge in [-0.3, -0.25) is 9.59 Å². The zero-order valence-electron chi connectivity index (χ0n) is 15.8. The predicted molar refractivity (Wildman–Crippen MR) is 111 cm³/mol. The topological polar surface area (TPSA) is 67.4 Å². The lowest BCUT2D eigenvalue weighted by molar-refractivity contribution is 0.101. The smallest absolute Gasteiger partial charge is 0.257 e. The van der Waals surface area contributed by atoms with E-state index in [-0.39, 0.29) is 16.5 Å². The van der Waals surface area contributed by atoms with E-state index in [1.807, 2.05) is 6.92 Å². The van der Waals surface area contributed by atoms with Gasteiger partial charge in [0.1, 0.15) is 5.75 Å². The Bertz CT molecular complexity index is 1070. The molecular weight excluding hydrogens is 414 g/mol. The summed E-state index contributed by atoms with van der Waals surface area (Å²) in [6.07, 6.45) is 0. The average molecular weight is 431 g/mol. The largest absolute Gasteiger partial charge is 0.494 e. The number of nitrogens with one attached hydrogen (secondary N) is 2. The predicted octanol–water partition coefficient (Wildman–Crippen LogP) is 5.52. The molecule has 0 saturated heterocycles. The molecule has 0 radical (unpaired) electrons. The van der Waals surface area contributed by atoms with Crippen LogP contribution in [0.15, 0.2) is 60.7 Å². The Morgan fingerprint density at radius 3 is 2.00 bits per heavy atom. The van der Waals surface area contributed by atoms with Crippen LogP contribution in [0.1, 0.15) is 27.6 Å². The number of hydrogen-bond acceptors (Lipinski definition) is 3. The molecule has 0 aliphatic rings. The molecule has 0 aliphatic heterocycles. The van der Waals surface area contributed by atoms with Gasteiger partial charge in [0, 0.05) is 16.9 Å². The highest BCUT2D eigenvalue weighted by Crippen LogP contribution is 2.22. The summed E-state index contributed by atoms with van der Waals surface area (Å²) in [5, 5.41) is 5.07. The minimum atomic E-state index is -1.18. The molecule has 0 atom stereocenters. The van der Waals surface area contributed by atoms with E-state index in [1.165, 1.54) is 24.3 Å². The molecule has 0 fully saturated rings. The maximum Gasteiger partial charge on any atom is 0.257 e. The Hall–Kier alpha value is -3.45. The highest BCUT2D eigenvalue weighted by molar-refractivity contribution is 6.34. The van der Waals surface area contributed by atoms with Crippen LogP contribution in [-0.4, -0.2) is 18.4 Å². The van der Waals surface area contributed by atoms with Crippen LogP contribution in [0.5, 0.6) is 5.75 Å². The highest BCUT2D eigenvalue weighted by atomic mass is 35.5. The fraction of sp³-hybridized carbons (Fsp3) is 0.0909. The van der Waals surface area contributed by atoms with E-state index in [1.54, 1.807) is 24.3 Å². The van der Waals surface area contributed by atoms with Crippen LogP contribution in [-0.2, 0) is 0 Å². The number of rotatable bonds is 6. The number of carbonyl (C=O) groups is 2. The van der Waals surface area contributed by atoms with Crippen molar-refractivity contribution < 1.29 is 23.1 Å². The first-order chi connectivity index (χ1) is 14.4. The van der Waals surface area contributed by atoms with Crippen molar-refractivity contribution >= 4 is 34.8 Å². The number of halogens is 3. The van der Waals surface area contributed by atoms with Crippen LogP contribution in [0.4, 0.5) is 20.2 Å². The van der Waals surface area contributed by atoms with Crippen molar-refractivity contribution in [3.63, 3.8) is 0 Å². The fourth-order valence-electron chi connectivity index (χ4n) is 2.60. The van der Waals surface area contributed by atoms with Gasteiger partial charge in [0.05, 0.1) is 17.2 Å². The van der Waals surface area contributed by atoms with Crippen LogP contribution >= 0.6 is 11.6 Å². The summed E-state index contributed by atoms with van der Waals surface area (Å²) >= 11 is 5.81. The Labute approximate surface area is 176 Å². The summed E-state index contributed by atoms with van der Waals surface area (Å²) in [6.45, 7) is 2.44. The quantitative estimate of drug-likeness (QED) is 0.506.